The zero-order valence-corrected chi connectivity index (χ0v) is 23.6. The van der Waals surface area contributed by atoms with Crippen LogP contribution in [-0.2, 0) is 0 Å². The first-order chi connectivity index (χ1) is 15.9. The molecule has 0 fully saturated rings. The third-order valence-corrected chi connectivity index (χ3v) is 11.3. The molecule has 2 unspecified atom stereocenters. The number of hydrogen-bond donors (Lipinski definition) is 0. The van der Waals surface area contributed by atoms with E-state index in [0.717, 1.165) is 11.8 Å². The van der Waals surface area contributed by atoms with Crippen LogP contribution in [0.5, 0.6) is 11.8 Å². The van der Waals surface area contributed by atoms with E-state index in [-0.39, 0.29) is 25.4 Å². The van der Waals surface area contributed by atoms with Gasteiger partial charge in [-0.1, -0.05) is 57.4 Å². The summed E-state index contributed by atoms with van der Waals surface area (Å²) < 4.78 is 13.8. The van der Waals surface area contributed by atoms with Crippen LogP contribution in [0.1, 0.15) is 119 Å². The molecule has 196 valence electrons. The smallest absolute Gasteiger partial charge is 0.261 e. The van der Waals surface area contributed by atoms with Crippen molar-refractivity contribution in [3.05, 3.63) is 18.2 Å². The molecule has 34 heavy (non-hydrogen) atoms. The number of hydrogen-bond acceptors (Lipinski definition) is 3. The van der Waals surface area contributed by atoms with Gasteiger partial charge in [-0.2, -0.15) is 4.98 Å². The normalized spacial score (nSPS) is 27.6. The lowest BCUT2D eigenvalue weighted by Crippen LogP contribution is -2.28. The Morgan fingerprint density at radius 3 is 1.18 bits per heavy atom. The van der Waals surface area contributed by atoms with Crippen LogP contribution in [-0.4, -0.2) is 42.8 Å². The van der Waals surface area contributed by atoms with E-state index in [1.807, 2.05) is 0 Å². The molecule has 2 atom stereocenters. The van der Waals surface area contributed by atoms with Gasteiger partial charge in [0.05, 0.1) is 22.6 Å². The van der Waals surface area contributed by atoms with Crippen molar-refractivity contribution < 1.29 is 9.05 Å². The molecule has 0 amide bonds. The summed E-state index contributed by atoms with van der Waals surface area (Å²) in [5, 5.41) is 0.512. The third-order valence-electron chi connectivity index (χ3n) is 6.07. The van der Waals surface area contributed by atoms with Gasteiger partial charge in [0.1, 0.15) is 0 Å². The van der Waals surface area contributed by atoms with Gasteiger partial charge in [-0.3, -0.25) is 0 Å². The van der Waals surface area contributed by atoms with E-state index in [4.69, 9.17) is 14.0 Å². The number of pyridine rings is 1. The first-order valence-corrected chi connectivity index (χ1v) is 15.9. The van der Waals surface area contributed by atoms with E-state index < -0.39 is 14.7 Å². The quantitative estimate of drug-likeness (QED) is 0.267. The van der Waals surface area contributed by atoms with E-state index in [0.29, 0.717) is 0 Å². The van der Waals surface area contributed by atoms with Crippen LogP contribution in [0.15, 0.2) is 18.2 Å². The maximum atomic E-state index is 6.92. The summed E-state index contributed by atoms with van der Waals surface area (Å²) in [6.45, 7) is 14.5. The van der Waals surface area contributed by atoms with Crippen LogP contribution in [0.4, 0.5) is 0 Å². The van der Waals surface area contributed by atoms with Crippen LogP contribution < -0.4 is 9.05 Å². The fourth-order valence-electron chi connectivity index (χ4n) is 4.04. The zero-order chi connectivity index (χ0) is 25.3. The first-order valence-electron chi connectivity index (χ1n) is 13.0. The summed E-state index contributed by atoms with van der Waals surface area (Å²) in [6.07, 6.45) is 19.3. The Hall–Kier alpha value is -0.260. The van der Waals surface area contributed by atoms with Crippen LogP contribution in [0.25, 0.3) is 0 Å². The largest absolute Gasteiger partial charge is 0.377 e. The van der Waals surface area contributed by atoms with Gasteiger partial charge in [-0.05, 0) is 67.2 Å². The van der Waals surface area contributed by atoms with Gasteiger partial charge in [0.15, 0.2) is 15.1 Å². The lowest BCUT2D eigenvalue weighted by atomic mass is 10.1. The van der Waals surface area contributed by atoms with Gasteiger partial charge in [0.25, 0.3) is 11.8 Å². The minimum atomic E-state index is -1.40. The molecule has 0 saturated carbocycles. The zero-order valence-electron chi connectivity index (χ0n) is 21.8. The highest BCUT2D eigenvalue weighted by molar-refractivity contribution is 7.95. The van der Waals surface area contributed by atoms with Crippen molar-refractivity contribution in [3.63, 3.8) is 0 Å². The molecule has 2 bridgehead atoms. The molecule has 1 aliphatic rings. The average molecular weight is 509 g/mol. The second-order valence-corrected chi connectivity index (χ2v) is 16.7. The predicted molar refractivity (Wildman–Crippen MR) is 164 cm³/mol. The molecular weight excluding hydrogens is 454 g/mol. The summed E-state index contributed by atoms with van der Waals surface area (Å²) >= 11 is 0. The van der Waals surface area contributed by atoms with E-state index in [2.05, 4.69) is 59.7 Å². The lowest BCUT2D eigenvalue weighted by molar-refractivity contribution is 0.504. The van der Waals surface area contributed by atoms with Gasteiger partial charge in [-0.15, -0.1) is 0 Å². The number of nitrogens with zero attached hydrogens (tertiary/aromatic N) is 1. The molecule has 0 spiro atoms. The van der Waals surface area contributed by atoms with Gasteiger partial charge < -0.3 is 9.05 Å². The minimum Gasteiger partial charge on any atom is -0.377 e. The molecule has 0 aromatic carbocycles. The molecule has 1 aliphatic heterocycles. The molecule has 3 nitrogen and oxygen atoms in total. The minimum absolute atomic E-state index is 0.0699. The van der Waals surface area contributed by atoms with Crippen molar-refractivity contribution in [3.8, 4) is 11.8 Å². The van der Waals surface area contributed by atoms with Gasteiger partial charge >= 0.3 is 0 Å². The molecular formula is C27H55B2NO2P2. The summed E-state index contributed by atoms with van der Waals surface area (Å²) in [4.78, 5) is 4.98. The van der Waals surface area contributed by atoms with Crippen molar-refractivity contribution >= 4 is 29.9 Å². The molecule has 2 rings (SSSR count). The Labute approximate surface area is 214 Å². The van der Waals surface area contributed by atoms with Crippen molar-refractivity contribution in [1.29, 1.82) is 0 Å². The highest BCUT2D eigenvalue weighted by atomic mass is 31.2. The highest BCUT2D eigenvalue weighted by Crippen LogP contribution is 2.67. The molecule has 2 heterocycles. The Bertz CT molecular complexity index is 681. The maximum Gasteiger partial charge on any atom is 0.261 e. The van der Waals surface area contributed by atoms with Crippen LogP contribution in [0.2, 0.25) is 0 Å². The summed E-state index contributed by atoms with van der Waals surface area (Å²) in [6, 6.07) is 6.29. The number of aromatic nitrogens is 1. The molecule has 1 aromatic heterocycles. The average Bonchev–Trinajstić information content (AvgIpc) is 2.72. The fourth-order valence-corrected chi connectivity index (χ4v) is 7.79. The highest BCUT2D eigenvalue weighted by Gasteiger charge is 2.43. The Morgan fingerprint density at radius 2 is 0.882 bits per heavy atom. The monoisotopic (exact) mass is 509 g/mol. The van der Waals surface area contributed by atoms with Gasteiger partial charge in [-0.25, -0.2) is 0 Å². The number of rotatable bonds is 0. The van der Waals surface area contributed by atoms with E-state index in [1.54, 1.807) is 0 Å². The predicted octanol–water partition coefficient (Wildman–Crippen LogP) is 7.56. The second-order valence-electron chi connectivity index (χ2n) is 11.3. The summed E-state index contributed by atoms with van der Waals surface area (Å²) in [5.41, 5.74) is 0. The topological polar surface area (TPSA) is 31.4 Å². The molecule has 0 N–H and O–H groups in total. The Kier molecular flexibility index (Phi) is 11.8. The molecule has 0 aliphatic carbocycles. The van der Waals surface area contributed by atoms with E-state index in [1.165, 1.54) is 89.4 Å². The van der Waals surface area contributed by atoms with Crippen molar-refractivity contribution in [1.82, 2.24) is 4.98 Å². The van der Waals surface area contributed by atoms with Crippen LogP contribution >= 0.6 is 14.7 Å². The summed E-state index contributed by atoms with van der Waals surface area (Å²) in [5.74, 6) is 1.67. The van der Waals surface area contributed by atoms with Crippen molar-refractivity contribution in [2.24, 2.45) is 0 Å². The third kappa shape index (κ3) is 9.32. The fraction of sp³-hybridized carbons (Fsp3) is 0.815. The van der Waals surface area contributed by atoms with Crippen LogP contribution in [0.3, 0.4) is 0 Å². The SMILES string of the molecule is [BH3-][P+]1(C(C)(C)C)CCCCCCCCCCCCCC[P+]([BH3-])(C(C)(C)C)Oc2cccc(n2)O1. The Balaban J connectivity index is 2.24. The lowest BCUT2D eigenvalue weighted by Gasteiger charge is -2.40. The van der Waals surface area contributed by atoms with Gasteiger partial charge in [0.2, 0.25) is 0 Å². The standard InChI is InChI=1S/C27H55B2NO2P2/c1-26(2,3)33(28)22-17-15-13-11-9-7-8-10-12-14-16-18-23-34(29,27(4,5)6)32-25-21-19-20-24(30-25)31-33/h19-21H,7-18,22-23H2,1-6,28-29H3. The molecule has 0 saturated heterocycles. The van der Waals surface area contributed by atoms with E-state index in [9.17, 15) is 0 Å². The van der Waals surface area contributed by atoms with E-state index >= 15 is 0 Å². The molecule has 0 radical (unpaired) electrons. The maximum absolute atomic E-state index is 6.92. The second kappa shape index (κ2) is 13.3. The van der Waals surface area contributed by atoms with Crippen LogP contribution in [0, 0.1) is 0 Å². The van der Waals surface area contributed by atoms with Crippen molar-refractivity contribution in [2.45, 2.75) is 129 Å². The summed E-state index contributed by atoms with van der Waals surface area (Å²) in [7, 11) is -2.66. The molecule has 7 heteroatoms. The van der Waals surface area contributed by atoms with Gasteiger partial charge in [0, 0.05) is 26.9 Å². The first kappa shape index (κ1) is 30.0. The number of fused-ring (bicyclic) bond motifs is 2. The molecule has 1 aromatic rings. The Morgan fingerprint density at radius 1 is 0.588 bits per heavy atom. The van der Waals surface area contributed by atoms with Crippen molar-refractivity contribution in [2.75, 3.05) is 12.3 Å².